The van der Waals surface area contributed by atoms with E-state index < -0.39 is 31.3 Å². The average molecular weight is 332 g/mol. The second-order valence-electron chi connectivity index (χ2n) is 3.85. The number of sulfonamides is 1. The van der Waals surface area contributed by atoms with E-state index in [-0.39, 0.29) is 10.8 Å². The number of hydrogen-bond donors (Lipinski definition) is 1. The number of rotatable bonds is 4. The van der Waals surface area contributed by atoms with Crippen LogP contribution in [0.5, 0.6) is 0 Å². The fourth-order valence-electron chi connectivity index (χ4n) is 1.45. The Morgan fingerprint density at radius 1 is 1.29 bits per heavy atom. The van der Waals surface area contributed by atoms with Gasteiger partial charge in [0.1, 0.15) is 5.15 Å². The highest BCUT2D eigenvalue weighted by Gasteiger charge is 2.21. The summed E-state index contributed by atoms with van der Waals surface area (Å²) in [5.41, 5.74) is -0.807. The first-order valence-corrected chi connectivity index (χ1v) is 7.24. The highest BCUT2D eigenvalue weighted by molar-refractivity contribution is 7.92. The molecule has 0 fully saturated rings. The lowest BCUT2D eigenvalue weighted by Gasteiger charge is -2.07. The van der Waals surface area contributed by atoms with E-state index >= 15 is 0 Å². The molecule has 1 aromatic heterocycles. The summed E-state index contributed by atoms with van der Waals surface area (Å²) in [6, 6.07) is 5.01. The Kier molecular flexibility index (Phi) is 4.05. The first-order chi connectivity index (χ1) is 9.79. The summed E-state index contributed by atoms with van der Waals surface area (Å²) in [4.78, 5) is 12.9. The van der Waals surface area contributed by atoms with Gasteiger partial charge in [0, 0.05) is 6.07 Å². The molecule has 1 aromatic carbocycles. The number of nitrogens with one attached hydrogen (secondary N) is 1. The minimum atomic E-state index is -4.10. The third-order valence-electron chi connectivity index (χ3n) is 2.40. The van der Waals surface area contributed by atoms with Gasteiger partial charge in [-0.25, -0.2) is 13.4 Å². The number of anilines is 1. The van der Waals surface area contributed by atoms with Crippen molar-refractivity contribution < 1.29 is 17.7 Å². The molecular formula is C11H7ClFN3O4S. The van der Waals surface area contributed by atoms with E-state index in [1.807, 2.05) is 0 Å². The Morgan fingerprint density at radius 3 is 2.57 bits per heavy atom. The number of halogens is 2. The molecule has 0 spiro atoms. The highest BCUT2D eigenvalue weighted by atomic mass is 35.5. The molecule has 0 bridgehead atoms. The molecule has 0 saturated carbocycles. The van der Waals surface area contributed by atoms with Gasteiger partial charge in [0.05, 0.1) is 21.7 Å². The summed E-state index contributed by atoms with van der Waals surface area (Å²) >= 11 is 5.57. The maximum atomic E-state index is 13.2. The standard InChI is InChI=1S/C11H7ClFN3O4S/c12-11-4-1-7(6-14-11)15-21(19,20)8-2-3-9(13)10(5-8)16(17)18/h1-6,15H. The predicted octanol–water partition coefficient (Wildman–Crippen LogP) is 2.58. The molecule has 0 aliphatic carbocycles. The van der Waals surface area contributed by atoms with Crippen molar-refractivity contribution in [3.8, 4) is 0 Å². The topological polar surface area (TPSA) is 102 Å². The van der Waals surface area contributed by atoms with Crippen molar-refractivity contribution in [1.29, 1.82) is 0 Å². The van der Waals surface area contributed by atoms with Gasteiger partial charge in [-0.1, -0.05) is 11.6 Å². The van der Waals surface area contributed by atoms with Gasteiger partial charge >= 0.3 is 5.69 Å². The monoisotopic (exact) mass is 331 g/mol. The second-order valence-corrected chi connectivity index (χ2v) is 5.92. The van der Waals surface area contributed by atoms with Gasteiger partial charge in [0.15, 0.2) is 0 Å². The number of nitrogens with zero attached hydrogens (tertiary/aromatic N) is 2. The van der Waals surface area contributed by atoms with Crippen molar-refractivity contribution in [3.63, 3.8) is 0 Å². The van der Waals surface area contributed by atoms with Gasteiger partial charge in [-0.15, -0.1) is 0 Å². The molecular weight excluding hydrogens is 325 g/mol. The quantitative estimate of drug-likeness (QED) is 0.527. The third-order valence-corrected chi connectivity index (χ3v) is 4.01. The molecule has 0 atom stereocenters. The van der Waals surface area contributed by atoms with Gasteiger partial charge in [-0.2, -0.15) is 4.39 Å². The zero-order chi connectivity index (χ0) is 15.6. The zero-order valence-electron chi connectivity index (χ0n) is 10.2. The molecule has 0 saturated heterocycles. The van der Waals surface area contributed by atoms with Crippen LogP contribution in [0.25, 0.3) is 0 Å². The van der Waals surface area contributed by atoms with Crippen LogP contribution >= 0.6 is 11.6 Å². The van der Waals surface area contributed by atoms with Gasteiger partial charge in [0.2, 0.25) is 5.82 Å². The molecule has 1 heterocycles. The molecule has 0 radical (unpaired) electrons. The van der Waals surface area contributed by atoms with Crippen LogP contribution in [-0.2, 0) is 10.0 Å². The number of nitro groups is 1. The van der Waals surface area contributed by atoms with Crippen LogP contribution < -0.4 is 4.72 Å². The summed E-state index contributed by atoms with van der Waals surface area (Å²) in [5, 5.41) is 10.8. The average Bonchev–Trinajstić information content (AvgIpc) is 2.41. The maximum Gasteiger partial charge on any atom is 0.306 e. The number of nitro benzene ring substituents is 1. The van der Waals surface area contributed by atoms with Crippen molar-refractivity contribution in [1.82, 2.24) is 4.98 Å². The second kappa shape index (κ2) is 5.62. The van der Waals surface area contributed by atoms with E-state index in [1.165, 1.54) is 18.3 Å². The van der Waals surface area contributed by atoms with Gasteiger partial charge in [0.25, 0.3) is 10.0 Å². The van der Waals surface area contributed by atoms with E-state index in [2.05, 4.69) is 9.71 Å². The molecule has 0 aliphatic rings. The van der Waals surface area contributed by atoms with E-state index in [1.54, 1.807) is 0 Å². The Hall–Kier alpha value is -2.26. The Balaban J connectivity index is 2.38. The smallest absolute Gasteiger partial charge is 0.278 e. The first kappa shape index (κ1) is 15.1. The van der Waals surface area contributed by atoms with Crippen LogP contribution in [0.2, 0.25) is 5.15 Å². The Labute approximate surface area is 123 Å². The SMILES string of the molecule is O=[N+]([O-])c1cc(S(=O)(=O)Nc2ccc(Cl)nc2)ccc1F. The minimum Gasteiger partial charge on any atom is -0.278 e. The molecule has 2 rings (SSSR count). The summed E-state index contributed by atoms with van der Waals surface area (Å²) < 4.78 is 39.5. The van der Waals surface area contributed by atoms with Gasteiger partial charge in [-0.05, 0) is 24.3 Å². The molecule has 110 valence electrons. The molecule has 0 amide bonds. The highest BCUT2D eigenvalue weighted by Crippen LogP contribution is 2.23. The van der Waals surface area contributed by atoms with E-state index in [0.717, 1.165) is 6.07 Å². The third kappa shape index (κ3) is 3.44. The van der Waals surface area contributed by atoms with Crippen molar-refractivity contribution >= 4 is 33.0 Å². The van der Waals surface area contributed by atoms with Crippen molar-refractivity contribution in [2.75, 3.05) is 4.72 Å². The summed E-state index contributed by atoms with van der Waals surface area (Å²) in [6.45, 7) is 0. The summed E-state index contributed by atoms with van der Waals surface area (Å²) in [7, 11) is -4.10. The fourth-order valence-corrected chi connectivity index (χ4v) is 2.62. The Morgan fingerprint density at radius 2 is 2.00 bits per heavy atom. The normalized spacial score (nSPS) is 11.1. The Bertz CT molecular complexity index is 796. The van der Waals surface area contributed by atoms with E-state index in [9.17, 15) is 22.9 Å². The summed E-state index contributed by atoms with van der Waals surface area (Å²) in [6.07, 6.45) is 1.18. The number of aromatic nitrogens is 1. The largest absolute Gasteiger partial charge is 0.306 e. The van der Waals surface area contributed by atoms with Crippen LogP contribution in [0.1, 0.15) is 0 Å². The molecule has 2 aromatic rings. The molecule has 10 heteroatoms. The zero-order valence-corrected chi connectivity index (χ0v) is 11.7. The van der Waals surface area contributed by atoms with E-state index in [4.69, 9.17) is 11.6 Å². The van der Waals surface area contributed by atoms with Gasteiger partial charge < -0.3 is 0 Å². The first-order valence-electron chi connectivity index (χ1n) is 5.38. The van der Waals surface area contributed by atoms with Crippen molar-refractivity contribution in [2.24, 2.45) is 0 Å². The fraction of sp³-hybridized carbons (Fsp3) is 0. The number of pyridine rings is 1. The summed E-state index contributed by atoms with van der Waals surface area (Å²) in [5.74, 6) is -1.12. The molecule has 21 heavy (non-hydrogen) atoms. The van der Waals surface area contributed by atoms with Crippen molar-refractivity contribution in [3.05, 3.63) is 57.6 Å². The number of benzene rings is 1. The van der Waals surface area contributed by atoms with Crippen LogP contribution in [0.15, 0.2) is 41.4 Å². The van der Waals surface area contributed by atoms with Crippen LogP contribution in [0.3, 0.4) is 0 Å². The number of hydrogen-bond acceptors (Lipinski definition) is 5. The molecule has 0 aliphatic heterocycles. The lowest BCUT2D eigenvalue weighted by molar-refractivity contribution is -0.387. The lowest BCUT2D eigenvalue weighted by Crippen LogP contribution is -2.13. The molecule has 7 nitrogen and oxygen atoms in total. The lowest BCUT2D eigenvalue weighted by atomic mass is 10.3. The molecule has 0 unspecified atom stereocenters. The van der Waals surface area contributed by atoms with Crippen LogP contribution in [0.4, 0.5) is 15.8 Å². The minimum absolute atomic E-state index is 0.117. The van der Waals surface area contributed by atoms with Gasteiger partial charge in [-0.3, -0.25) is 14.8 Å². The van der Waals surface area contributed by atoms with Crippen molar-refractivity contribution in [2.45, 2.75) is 4.90 Å². The molecule has 1 N–H and O–H groups in total. The van der Waals surface area contributed by atoms with Crippen LogP contribution in [-0.4, -0.2) is 18.3 Å². The van der Waals surface area contributed by atoms with Crippen LogP contribution in [0, 0.1) is 15.9 Å². The van der Waals surface area contributed by atoms with E-state index in [0.29, 0.717) is 12.1 Å². The predicted molar refractivity (Wildman–Crippen MR) is 73.1 cm³/mol. The maximum absolute atomic E-state index is 13.2.